The molecule has 0 radical (unpaired) electrons. The number of aryl methyl sites for hydroxylation is 2. The summed E-state index contributed by atoms with van der Waals surface area (Å²) < 4.78 is 0. The average Bonchev–Trinajstić information content (AvgIpc) is 3.04. The van der Waals surface area contributed by atoms with Crippen LogP contribution in [0.3, 0.4) is 0 Å². The zero-order valence-electron chi connectivity index (χ0n) is 13.6. The first-order valence-corrected chi connectivity index (χ1v) is 9.47. The highest BCUT2D eigenvalue weighted by Crippen LogP contribution is 2.43. The van der Waals surface area contributed by atoms with E-state index in [1.807, 2.05) is 11.3 Å². The molecule has 1 aliphatic carbocycles. The molecule has 1 unspecified atom stereocenters. The molecular weight excluding hydrogens is 340 g/mol. The summed E-state index contributed by atoms with van der Waals surface area (Å²) in [5.74, 6) is 0. The van der Waals surface area contributed by atoms with Gasteiger partial charge in [0.1, 0.15) is 0 Å². The van der Waals surface area contributed by atoms with Crippen LogP contribution in [0.4, 0.5) is 0 Å². The average molecular weight is 363 g/mol. The Labute approximate surface area is 140 Å². The molecule has 112 valence electrons. The van der Waals surface area contributed by atoms with E-state index in [4.69, 9.17) is 0 Å². The van der Waals surface area contributed by atoms with Crippen LogP contribution in [0.5, 0.6) is 0 Å². The second-order valence-electron chi connectivity index (χ2n) is 6.35. The molecule has 0 saturated carbocycles. The van der Waals surface area contributed by atoms with Crippen molar-refractivity contribution in [3.63, 3.8) is 0 Å². The van der Waals surface area contributed by atoms with Crippen molar-refractivity contribution in [3.05, 3.63) is 54.8 Å². The highest BCUT2D eigenvalue weighted by Gasteiger charge is 2.23. The molecule has 2 heteroatoms. The maximum atomic E-state index is 4.00. The lowest BCUT2D eigenvalue weighted by Crippen LogP contribution is -2.05. The number of thiophene rings is 1. The molecule has 0 fully saturated rings. The third-order valence-corrected chi connectivity index (χ3v) is 7.88. The standard InChI is InChI=1S/C19H23BrS/c1-10-11(2)13(4)18(14(5)12(10)3)19(20)17-9-15-7-6-8-16(15)21-17/h9,19H,6-8H2,1-5H3. The topological polar surface area (TPSA) is 0 Å². The number of halogens is 1. The minimum atomic E-state index is 0.339. The largest absolute Gasteiger partial charge is 0.144 e. The van der Waals surface area contributed by atoms with Gasteiger partial charge in [0.25, 0.3) is 0 Å². The molecular formula is C19H23BrS. The van der Waals surface area contributed by atoms with Gasteiger partial charge in [0.15, 0.2) is 0 Å². The summed E-state index contributed by atoms with van der Waals surface area (Å²) in [6.45, 7) is 11.3. The van der Waals surface area contributed by atoms with E-state index in [0.717, 1.165) is 0 Å². The van der Waals surface area contributed by atoms with Crippen molar-refractivity contribution in [2.75, 3.05) is 0 Å². The molecule has 1 atom stereocenters. The second kappa shape index (κ2) is 5.55. The van der Waals surface area contributed by atoms with E-state index in [0.29, 0.717) is 4.83 Å². The molecule has 0 bridgehead atoms. The van der Waals surface area contributed by atoms with E-state index < -0.39 is 0 Å². The summed E-state index contributed by atoms with van der Waals surface area (Å²) in [5, 5.41) is 0. The van der Waals surface area contributed by atoms with Gasteiger partial charge >= 0.3 is 0 Å². The van der Waals surface area contributed by atoms with Crippen LogP contribution in [0.25, 0.3) is 0 Å². The third-order valence-electron chi connectivity index (χ3n) is 5.33. The molecule has 1 heterocycles. The maximum absolute atomic E-state index is 4.00. The highest BCUT2D eigenvalue weighted by atomic mass is 79.9. The summed E-state index contributed by atoms with van der Waals surface area (Å²) in [4.78, 5) is 3.44. The molecule has 0 saturated heterocycles. The second-order valence-corrected chi connectivity index (χ2v) is 8.44. The Morgan fingerprint density at radius 2 is 1.48 bits per heavy atom. The number of benzene rings is 1. The van der Waals surface area contributed by atoms with Gasteiger partial charge in [-0.1, -0.05) is 15.9 Å². The summed E-state index contributed by atoms with van der Waals surface area (Å²) in [6, 6.07) is 2.44. The predicted molar refractivity (Wildman–Crippen MR) is 97.2 cm³/mol. The van der Waals surface area contributed by atoms with E-state index in [2.05, 4.69) is 56.6 Å². The van der Waals surface area contributed by atoms with Crippen LogP contribution in [0.2, 0.25) is 0 Å². The molecule has 1 aromatic carbocycles. The maximum Gasteiger partial charge on any atom is 0.0743 e. The van der Waals surface area contributed by atoms with Crippen LogP contribution < -0.4 is 0 Å². The van der Waals surface area contributed by atoms with Crippen molar-refractivity contribution in [1.82, 2.24) is 0 Å². The van der Waals surface area contributed by atoms with Gasteiger partial charge in [-0.2, -0.15) is 0 Å². The fraction of sp³-hybridized carbons (Fsp3) is 0.474. The smallest absolute Gasteiger partial charge is 0.0743 e. The van der Waals surface area contributed by atoms with Gasteiger partial charge in [0.2, 0.25) is 0 Å². The molecule has 0 aliphatic heterocycles. The number of hydrogen-bond acceptors (Lipinski definition) is 1. The predicted octanol–water partition coefficient (Wildman–Crippen LogP) is 6.26. The van der Waals surface area contributed by atoms with Gasteiger partial charge in [0, 0.05) is 9.75 Å². The van der Waals surface area contributed by atoms with Crippen molar-refractivity contribution in [3.8, 4) is 0 Å². The van der Waals surface area contributed by atoms with E-state index in [-0.39, 0.29) is 0 Å². The molecule has 0 nitrogen and oxygen atoms in total. The Hall–Kier alpha value is -0.600. The quantitative estimate of drug-likeness (QED) is 0.552. The molecule has 21 heavy (non-hydrogen) atoms. The fourth-order valence-electron chi connectivity index (χ4n) is 3.53. The Morgan fingerprint density at radius 1 is 0.905 bits per heavy atom. The Morgan fingerprint density at radius 3 is 2.05 bits per heavy atom. The van der Waals surface area contributed by atoms with Crippen LogP contribution in [0.1, 0.15) is 59.9 Å². The van der Waals surface area contributed by atoms with Crippen LogP contribution in [0, 0.1) is 34.6 Å². The SMILES string of the molecule is Cc1c(C)c(C)c(C(Br)c2cc3c(s2)CCC3)c(C)c1C. The number of rotatable bonds is 2. The number of alkyl halides is 1. The minimum Gasteiger partial charge on any atom is -0.144 e. The summed E-state index contributed by atoms with van der Waals surface area (Å²) in [7, 11) is 0. The monoisotopic (exact) mass is 362 g/mol. The molecule has 2 aromatic rings. The Bertz CT molecular complexity index is 658. The van der Waals surface area contributed by atoms with Crippen molar-refractivity contribution in [1.29, 1.82) is 0 Å². The van der Waals surface area contributed by atoms with E-state index in [1.165, 1.54) is 57.5 Å². The van der Waals surface area contributed by atoms with Crippen LogP contribution in [-0.2, 0) is 12.8 Å². The van der Waals surface area contributed by atoms with E-state index in [1.54, 1.807) is 10.4 Å². The minimum absolute atomic E-state index is 0.339. The summed E-state index contributed by atoms with van der Waals surface area (Å²) in [5.41, 5.74) is 10.3. The van der Waals surface area contributed by atoms with E-state index in [9.17, 15) is 0 Å². The summed E-state index contributed by atoms with van der Waals surface area (Å²) in [6.07, 6.45) is 3.90. The first-order valence-electron chi connectivity index (χ1n) is 7.74. The van der Waals surface area contributed by atoms with Crippen molar-refractivity contribution in [2.45, 2.75) is 58.7 Å². The highest BCUT2D eigenvalue weighted by molar-refractivity contribution is 9.09. The number of hydrogen-bond donors (Lipinski definition) is 0. The molecule has 3 rings (SSSR count). The van der Waals surface area contributed by atoms with Gasteiger partial charge in [0.05, 0.1) is 4.83 Å². The van der Waals surface area contributed by atoms with Gasteiger partial charge in [-0.25, -0.2) is 0 Å². The van der Waals surface area contributed by atoms with Gasteiger partial charge in [-0.3, -0.25) is 0 Å². The third kappa shape index (κ3) is 2.41. The lowest BCUT2D eigenvalue weighted by Gasteiger charge is -2.22. The van der Waals surface area contributed by atoms with Gasteiger partial charge in [-0.15, -0.1) is 11.3 Å². The van der Waals surface area contributed by atoms with Crippen LogP contribution >= 0.6 is 27.3 Å². The van der Waals surface area contributed by atoms with Crippen LogP contribution in [0.15, 0.2) is 6.07 Å². The molecule has 0 amide bonds. The molecule has 0 spiro atoms. The van der Waals surface area contributed by atoms with Crippen molar-refractivity contribution in [2.24, 2.45) is 0 Å². The summed E-state index contributed by atoms with van der Waals surface area (Å²) >= 11 is 6.01. The van der Waals surface area contributed by atoms with Crippen molar-refractivity contribution >= 4 is 27.3 Å². The lowest BCUT2D eigenvalue weighted by molar-refractivity contribution is 0.913. The normalized spacial score (nSPS) is 15.3. The first kappa shape index (κ1) is 15.3. The van der Waals surface area contributed by atoms with Crippen LogP contribution in [-0.4, -0.2) is 0 Å². The first-order chi connectivity index (χ1) is 9.91. The van der Waals surface area contributed by atoms with Gasteiger partial charge in [-0.05, 0) is 98.9 Å². The number of fused-ring (bicyclic) bond motifs is 1. The molecule has 1 aliphatic rings. The molecule has 1 aromatic heterocycles. The Kier molecular flexibility index (Phi) is 4.04. The van der Waals surface area contributed by atoms with Gasteiger partial charge < -0.3 is 0 Å². The Balaban J connectivity index is 2.11. The van der Waals surface area contributed by atoms with E-state index >= 15 is 0 Å². The van der Waals surface area contributed by atoms with Crippen molar-refractivity contribution < 1.29 is 0 Å². The lowest BCUT2D eigenvalue weighted by atomic mass is 9.88. The molecule has 0 N–H and O–H groups in total. The zero-order chi connectivity index (χ0) is 15.3. The zero-order valence-corrected chi connectivity index (χ0v) is 16.0. The fourth-order valence-corrected chi connectivity index (χ4v) is 5.87.